The Balaban J connectivity index is 4.25. The van der Waals surface area contributed by atoms with Gasteiger partial charge >= 0.3 is 25.7 Å². The highest BCUT2D eigenvalue weighted by molar-refractivity contribution is 7.47. The topological polar surface area (TPSA) is 172 Å². The minimum atomic E-state index is -4.71. The summed E-state index contributed by atoms with van der Waals surface area (Å²) in [5.74, 6) is -2.35. The lowest BCUT2D eigenvalue weighted by Gasteiger charge is -2.20. The van der Waals surface area contributed by atoms with Crippen molar-refractivity contribution in [2.24, 2.45) is 5.73 Å². The number of phosphoric acid groups is 1. The van der Waals surface area contributed by atoms with Gasteiger partial charge in [0.25, 0.3) is 0 Å². The number of esters is 2. The minimum Gasteiger partial charge on any atom is -0.480 e. The van der Waals surface area contributed by atoms with E-state index in [4.69, 9.17) is 24.8 Å². The van der Waals surface area contributed by atoms with Crippen LogP contribution in [0.15, 0.2) is 0 Å². The van der Waals surface area contributed by atoms with Crippen molar-refractivity contribution in [2.75, 3.05) is 19.8 Å². The highest BCUT2D eigenvalue weighted by atomic mass is 31.2. The van der Waals surface area contributed by atoms with Gasteiger partial charge in [-0.3, -0.25) is 23.4 Å². The summed E-state index contributed by atoms with van der Waals surface area (Å²) in [6.45, 7) is 2.85. The second-order valence-corrected chi connectivity index (χ2v) is 17.7. The summed E-state index contributed by atoms with van der Waals surface area (Å²) >= 11 is 0. The van der Waals surface area contributed by atoms with Crippen LogP contribution in [0, 0.1) is 0 Å². The molecule has 57 heavy (non-hydrogen) atoms. The second-order valence-electron chi connectivity index (χ2n) is 16.3. The molecule has 0 fully saturated rings. The van der Waals surface area contributed by atoms with Crippen molar-refractivity contribution in [3.05, 3.63) is 0 Å². The van der Waals surface area contributed by atoms with Crippen molar-refractivity contribution in [1.29, 1.82) is 0 Å². The molecule has 0 aromatic heterocycles. The zero-order chi connectivity index (χ0) is 42.1. The average molecular weight is 834 g/mol. The van der Waals surface area contributed by atoms with Gasteiger partial charge in [0.2, 0.25) is 0 Å². The van der Waals surface area contributed by atoms with Crippen molar-refractivity contribution in [2.45, 2.75) is 251 Å². The number of unbranched alkanes of at least 4 members (excludes halogenated alkanes) is 31. The molecule has 0 bridgehead atoms. The van der Waals surface area contributed by atoms with Crippen LogP contribution < -0.4 is 5.73 Å². The van der Waals surface area contributed by atoms with Crippen LogP contribution in [-0.4, -0.2) is 59.9 Å². The largest absolute Gasteiger partial charge is 0.480 e. The molecule has 338 valence electrons. The molecule has 0 aliphatic carbocycles. The van der Waals surface area contributed by atoms with Crippen LogP contribution >= 0.6 is 7.82 Å². The van der Waals surface area contributed by atoms with E-state index in [1.54, 1.807) is 0 Å². The van der Waals surface area contributed by atoms with Crippen molar-refractivity contribution < 1.29 is 47.5 Å². The third kappa shape index (κ3) is 41.0. The van der Waals surface area contributed by atoms with Crippen LogP contribution in [0.25, 0.3) is 0 Å². The molecular weight excluding hydrogens is 745 g/mol. The SMILES string of the molecule is CCCCCCCCCCCCCCCCCCCCCC(=O)O[C@H](COC(=O)CCCCCCCCCCCCCCCC)COP(=O)(O)OC[C@H](N)C(=O)O. The third-order valence-corrected chi connectivity index (χ3v) is 11.6. The number of phosphoric ester groups is 1. The molecule has 0 spiro atoms. The van der Waals surface area contributed by atoms with Gasteiger partial charge in [-0.25, -0.2) is 4.57 Å². The zero-order valence-electron chi connectivity index (χ0n) is 36.7. The van der Waals surface area contributed by atoms with E-state index in [1.165, 1.54) is 161 Å². The van der Waals surface area contributed by atoms with Gasteiger partial charge in [-0.1, -0.05) is 213 Å². The van der Waals surface area contributed by atoms with E-state index in [1.807, 2.05) is 0 Å². The molecule has 11 nitrogen and oxygen atoms in total. The number of carbonyl (C=O) groups is 3. The molecule has 1 unspecified atom stereocenters. The predicted molar refractivity (Wildman–Crippen MR) is 231 cm³/mol. The van der Waals surface area contributed by atoms with Gasteiger partial charge in [-0.2, -0.15) is 0 Å². The van der Waals surface area contributed by atoms with E-state index < -0.39 is 51.1 Å². The smallest absolute Gasteiger partial charge is 0.472 e. The van der Waals surface area contributed by atoms with E-state index in [9.17, 15) is 23.8 Å². The number of carbonyl (C=O) groups excluding carboxylic acids is 2. The molecule has 3 atom stereocenters. The zero-order valence-corrected chi connectivity index (χ0v) is 37.6. The molecule has 0 saturated carbocycles. The maximum atomic E-state index is 12.7. The number of hydrogen-bond donors (Lipinski definition) is 3. The summed E-state index contributed by atoms with van der Waals surface area (Å²) in [7, 11) is -4.71. The Morgan fingerprint density at radius 1 is 0.474 bits per heavy atom. The summed E-state index contributed by atoms with van der Waals surface area (Å²) in [5.41, 5.74) is 5.34. The van der Waals surface area contributed by atoms with Crippen LogP contribution in [0.2, 0.25) is 0 Å². The van der Waals surface area contributed by atoms with E-state index in [-0.39, 0.29) is 19.4 Å². The van der Waals surface area contributed by atoms with Gasteiger partial charge in [0.05, 0.1) is 13.2 Å². The number of aliphatic carboxylic acids is 1. The summed E-state index contributed by atoms with van der Waals surface area (Å²) < 4.78 is 32.8. The number of hydrogen-bond acceptors (Lipinski definition) is 9. The Labute approximate surface area is 348 Å². The Morgan fingerprint density at radius 3 is 1.11 bits per heavy atom. The Kier molecular flexibility index (Phi) is 40.1. The second kappa shape index (κ2) is 41.2. The first-order valence-corrected chi connectivity index (χ1v) is 25.1. The summed E-state index contributed by atoms with van der Waals surface area (Å²) in [4.78, 5) is 46.0. The van der Waals surface area contributed by atoms with E-state index >= 15 is 0 Å². The lowest BCUT2D eigenvalue weighted by molar-refractivity contribution is -0.161. The fourth-order valence-corrected chi connectivity index (χ4v) is 7.67. The van der Waals surface area contributed by atoms with Gasteiger partial charge in [-0.15, -0.1) is 0 Å². The first-order chi connectivity index (χ1) is 27.6. The first kappa shape index (κ1) is 55.5. The fourth-order valence-electron chi connectivity index (χ4n) is 6.89. The molecule has 0 aliphatic heterocycles. The summed E-state index contributed by atoms with van der Waals surface area (Å²) in [6.07, 6.45) is 40.2. The predicted octanol–water partition coefficient (Wildman–Crippen LogP) is 12.7. The van der Waals surface area contributed by atoms with Gasteiger partial charge in [0.1, 0.15) is 12.6 Å². The minimum absolute atomic E-state index is 0.170. The lowest BCUT2D eigenvalue weighted by Crippen LogP contribution is -2.34. The molecular formula is C45H88NO10P. The average Bonchev–Trinajstić information content (AvgIpc) is 3.19. The maximum absolute atomic E-state index is 12.7. The molecule has 0 aromatic carbocycles. The third-order valence-electron chi connectivity index (χ3n) is 10.6. The van der Waals surface area contributed by atoms with Crippen LogP contribution in [-0.2, 0) is 37.5 Å². The summed E-state index contributed by atoms with van der Waals surface area (Å²) in [5, 5.41) is 8.90. The van der Waals surface area contributed by atoms with Crippen molar-refractivity contribution >= 4 is 25.7 Å². The van der Waals surface area contributed by atoms with Crippen molar-refractivity contribution in [3.63, 3.8) is 0 Å². The van der Waals surface area contributed by atoms with Crippen molar-refractivity contribution in [1.82, 2.24) is 0 Å². The normalized spacial score (nSPS) is 13.6. The fraction of sp³-hybridized carbons (Fsp3) is 0.933. The number of carboxylic acid groups (broad SMARTS) is 1. The van der Waals surface area contributed by atoms with Crippen LogP contribution in [0.1, 0.15) is 239 Å². The monoisotopic (exact) mass is 834 g/mol. The highest BCUT2D eigenvalue weighted by Gasteiger charge is 2.28. The van der Waals surface area contributed by atoms with Crippen LogP contribution in [0.3, 0.4) is 0 Å². The van der Waals surface area contributed by atoms with Gasteiger partial charge in [0, 0.05) is 12.8 Å². The Hall–Kier alpha value is -1.52. The maximum Gasteiger partial charge on any atom is 0.472 e. The van der Waals surface area contributed by atoms with E-state index in [0.29, 0.717) is 12.8 Å². The quantitative estimate of drug-likeness (QED) is 0.0303. The Bertz CT molecular complexity index is 984. The van der Waals surface area contributed by atoms with E-state index in [0.717, 1.165) is 38.5 Å². The lowest BCUT2D eigenvalue weighted by atomic mass is 10.0. The summed E-state index contributed by atoms with van der Waals surface area (Å²) in [6, 6.07) is -1.52. The molecule has 0 amide bonds. The molecule has 0 saturated heterocycles. The number of carboxylic acids is 1. The number of nitrogens with two attached hydrogens (primary N) is 1. The first-order valence-electron chi connectivity index (χ1n) is 23.6. The highest BCUT2D eigenvalue weighted by Crippen LogP contribution is 2.43. The molecule has 0 aromatic rings. The Morgan fingerprint density at radius 2 is 0.772 bits per heavy atom. The molecule has 0 rings (SSSR count). The van der Waals surface area contributed by atoms with Crippen LogP contribution in [0.4, 0.5) is 0 Å². The van der Waals surface area contributed by atoms with Gasteiger partial charge in [-0.05, 0) is 12.8 Å². The van der Waals surface area contributed by atoms with Crippen LogP contribution in [0.5, 0.6) is 0 Å². The standard InChI is InChI=1S/C45H88NO10P/c1-3-5-7-9-11-13-15-17-19-20-21-22-23-25-27-29-31-33-35-37-44(48)56-41(39-54-57(51,52)55-40-42(46)45(49)50)38-53-43(47)36-34-32-30-28-26-24-18-16-14-12-10-8-6-4-2/h41-42H,3-40,46H2,1-2H3,(H,49,50)(H,51,52)/t41-,42+/m1/s1. The van der Waals surface area contributed by atoms with Gasteiger partial charge < -0.3 is 25.2 Å². The molecule has 0 heterocycles. The molecule has 12 heteroatoms. The molecule has 0 radical (unpaired) electrons. The van der Waals surface area contributed by atoms with Gasteiger partial charge in [0.15, 0.2) is 6.10 Å². The van der Waals surface area contributed by atoms with Crippen molar-refractivity contribution in [3.8, 4) is 0 Å². The number of rotatable bonds is 45. The molecule has 4 N–H and O–H groups in total. The number of ether oxygens (including phenoxy) is 2. The van der Waals surface area contributed by atoms with E-state index in [2.05, 4.69) is 18.4 Å². The molecule has 0 aliphatic rings.